The molecule has 0 heterocycles. The molecule has 0 atom stereocenters. The molecule has 0 aliphatic heterocycles. The van der Waals surface area contributed by atoms with Crippen LogP contribution in [0.5, 0.6) is 0 Å². The lowest BCUT2D eigenvalue weighted by atomic mass is 9.96. The lowest BCUT2D eigenvalue weighted by molar-refractivity contribution is -0.384. The van der Waals surface area contributed by atoms with Gasteiger partial charge in [-0.15, -0.1) is 24.0 Å². The first kappa shape index (κ1) is 21.6. The normalized spacial score (nSPS) is 15.3. The van der Waals surface area contributed by atoms with Crippen LogP contribution in [0.2, 0.25) is 0 Å². The Morgan fingerprint density at radius 2 is 1.96 bits per heavy atom. The Morgan fingerprint density at radius 1 is 1.28 bits per heavy atom. The van der Waals surface area contributed by atoms with Crippen LogP contribution >= 0.6 is 24.0 Å². The molecule has 7 nitrogen and oxygen atoms in total. The zero-order chi connectivity index (χ0) is 17.2. The molecule has 1 saturated carbocycles. The van der Waals surface area contributed by atoms with E-state index in [4.69, 9.17) is 4.74 Å². The lowest BCUT2D eigenvalue weighted by Gasteiger charge is -2.25. The Balaban J connectivity index is 0.00000312. The van der Waals surface area contributed by atoms with Crippen molar-refractivity contribution in [2.24, 2.45) is 4.99 Å². The number of hydrogen-bond acceptors (Lipinski definition) is 4. The predicted octanol–water partition coefficient (Wildman–Crippen LogP) is 3.23. The molecular formula is C17H27IN4O3. The van der Waals surface area contributed by atoms with Crippen molar-refractivity contribution in [3.05, 3.63) is 39.9 Å². The molecule has 0 bridgehead atoms. The highest BCUT2D eigenvalue weighted by Crippen LogP contribution is 2.17. The summed E-state index contributed by atoms with van der Waals surface area (Å²) in [5.74, 6) is 0.775. The van der Waals surface area contributed by atoms with Gasteiger partial charge in [-0.3, -0.25) is 10.1 Å². The second-order valence-corrected chi connectivity index (χ2v) is 5.99. The van der Waals surface area contributed by atoms with E-state index in [1.165, 1.54) is 44.2 Å². The van der Waals surface area contributed by atoms with Gasteiger partial charge in [0, 0.05) is 31.8 Å². The third-order valence-corrected chi connectivity index (χ3v) is 4.11. The molecule has 140 valence electrons. The summed E-state index contributed by atoms with van der Waals surface area (Å²) in [6.45, 7) is 1.78. The van der Waals surface area contributed by atoms with E-state index in [1.54, 1.807) is 19.2 Å². The molecule has 8 heteroatoms. The van der Waals surface area contributed by atoms with E-state index in [9.17, 15) is 10.1 Å². The van der Waals surface area contributed by atoms with Crippen LogP contribution in [0.15, 0.2) is 29.3 Å². The number of ether oxygens (including phenoxy) is 1. The van der Waals surface area contributed by atoms with Crippen molar-refractivity contribution in [2.75, 3.05) is 20.3 Å². The molecule has 25 heavy (non-hydrogen) atoms. The van der Waals surface area contributed by atoms with Gasteiger partial charge in [0.05, 0.1) is 18.1 Å². The van der Waals surface area contributed by atoms with Crippen molar-refractivity contribution in [1.82, 2.24) is 10.6 Å². The van der Waals surface area contributed by atoms with Gasteiger partial charge < -0.3 is 15.4 Å². The summed E-state index contributed by atoms with van der Waals surface area (Å²) in [6.07, 6.45) is 6.16. The molecular weight excluding hydrogens is 435 g/mol. The van der Waals surface area contributed by atoms with Crippen LogP contribution < -0.4 is 10.6 Å². The highest BCUT2D eigenvalue weighted by atomic mass is 127. The summed E-state index contributed by atoms with van der Waals surface area (Å²) in [5, 5.41) is 17.5. The van der Waals surface area contributed by atoms with Crippen molar-refractivity contribution >= 4 is 35.6 Å². The maximum absolute atomic E-state index is 10.7. The topological polar surface area (TPSA) is 88.8 Å². The fraction of sp³-hybridized carbons (Fsp3) is 0.588. The summed E-state index contributed by atoms with van der Waals surface area (Å²) in [6, 6.07) is 6.98. The molecule has 0 aromatic heterocycles. The van der Waals surface area contributed by atoms with Crippen molar-refractivity contribution in [1.29, 1.82) is 0 Å². The molecule has 1 aliphatic carbocycles. The minimum Gasteiger partial charge on any atom is -0.383 e. The highest BCUT2D eigenvalue weighted by molar-refractivity contribution is 14.0. The van der Waals surface area contributed by atoms with Crippen LogP contribution in [0.25, 0.3) is 0 Å². The monoisotopic (exact) mass is 462 g/mol. The van der Waals surface area contributed by atoms with E-state index in [-0.39, 0.29) is 29.7 Å². The molecule has 2 rings (SSSR count). The summed E-state index contributed by atoms with van der Waals surface area (Å²) in [4.78, 5) is 14.9. The van der Waals surface area contributed by atoms with Crippen molar-refractivity contribution in [3.8, 4) is 0 Å². The zero-order valence-electron chi connectivity index (χ0n) is 14.6. The summed E-state index contributed by atoms with van der Waals surface area (Å²) in [7, 11) is 1.67. The molecule has 1 aromatic rings. The van der Waals surface area contributed by atoms with Crippen LogP contribution in [0.4, 0.5) is 5.69 Å². The Hall–Kier alpha value is -1.42. The molecule has 2 N–H and O–H groups in total. The quantitative estimate of drug-likeness (QED) is 0.162. The number of nitrogens with one attached hydrogen (secondary N) is 2. The zero-order valence-corrected chi connectivity index (χ0v) is 16.9. The van der Waals surface area contributed by atoms with Gasteiger partial charge in [0.15, 0.2) is 5.96 Å². The maximum Gasteiger partial charge on any atom is 0.269 e. The van der Waals surface area contributed by atoms with Gasteiger partial charge in [0.1, 0.15) is 0 Å². The number of rotatable bonds is 7. The van der Waals surface area contributed by atoms with E-state index in [0.717, 1.165) is 11.5 Å². The Kier molecular flexibility index (Phi) is 10.4. The molecule has 0 amide bonds. The molecule has 0 unspecified atom stereocenters. The maximum atomic E-state index is 10.7. The average molecular weight is 462 g/mol. The summed E-state index contributed by atoms with van der Waals surface area (Å²) in [5.41, 5.74) is 1.04. The van der Waals surface area contributed by atoms with Crippen LogP contribution in [-0.4, -0.2) is 37.2 Å². The van der Waals surface area contributed by atoms with Crippen LogP contribution in [0.3, 0.4) is 0 Å². The van der Waals surface area contributed by atoms with Gasteiger partial charge in [0.25, 0.3) is 5.69 Å². The largest absolute Gasteiger partial charge is 0.383 e. The van der Waals surface area contributed by atoms with Gasteiger partial charge in [-0.05, 0) is 18.4 Å². The average Bonchev–Trinajstić information content (AvgIpc) is 2.61. The fourth-order valence-corrected chi connectivity index (χ4v) is 2.76. The minimum atomic E-state index is -0.393. The van der Waals surface area contributed by atoms with Crippen LogP contribution in [0.1, 0.15) is 37.7 Å². The number of nitro benzene ring substituents is 1. The third-order valence-electron chi connectivity index (χ3n) is 4.11. The number of non-ortho nitro benzene ring substituents is 1. The van der Waals surface area contributed by atoms with E-state index in [1.807, 2.05) is 0 Å². The van der Waals surface area contributed by atoms with Gasteiger partial charge in [-0.2, -0.15) is 0 Å². The Morgan fingerprint density at radius 3 is 2.56 bits per heavy atom. The van der Waals surface area contributed by atoms with Gasteiger partial charge >= 0.3 is 0 Å². The number of halogens is 1. The molecule has 1 aliphatic rings. The Bertz CT molecular complexity index is 545. The predicted molar refractivity (Wildman–Crippen MR) is 110 cm³/mol. The van der Waals surface area contributed by atoms with E-state index in [0.29, 0.717) is 25.7 Å². The van der Waals surface area contributed by atoms with Gasteiger partial charge in [0.2, 0.25) is 0 Å². The van der Waals surface area contributed by atoms with Crippen LogP contribution in [-0.2, 0) is 11.3 Å². The molecule has 0 spiro atoms. The standard InChI is InChI=1S/C17H26N4O3.HI/c1-24-12-11-18-17(20-15-5-3-2-4-6-15)19-13-14-7-9-16(10-8-14)21(22)23;/h7-10,15H,2-6,11-13H2,1H3,(H2,18,19,20);1H. The van der Waals surface area contributed by atoms with Gasteiger partial charge in [-0.1, -0.05) is 31.4 Å². The summed E-state index contributed by atoms with van der Waals surface area (Å²) >= 11 is 0. The first-order valence-electron chi connectivity index (χ1n) is 8.46. The highest BCUT2D eigenvalue weighted by Gasteiger charge is 2.14. The van der Waals surface area contributed by atoms with E-state index in [2.05, 4.69) is 15.6 Å². The first-order chi connectivity index (χ1) is 11.7. The Labute approximate surface area is 165 Å². The minimum absolute atomic E-state index is 0. The molecule has 1 aromatic carbocycles. The van der Waals surface area contributed by atoms with Crippen molar-refractivity contribution in [2.45, 2.75) is 44.7 Å². The second kappa shape index (κ2) is 12.0. The third kappa shape index (κ3) is 8.00. The number of benzene rings is 1. The molecule has 0 radical (unpaired) electrons. The summed E-state index contributed by atoms with van der Waals surface area (Å²) < 4.78 is 5.07. The number of guanidine groups is 1. The van der Waals surface area contributed by atoms with Crippen molar-refractivity contribution < 1.29 is 9.66 Å². The number of aliphatic imine (C=N–C) groups is 1. The van der Waals surface area contributed by atoms with E-state index >= 15 is 0 Å². The smallest absolute Gasteiger partial charge is 0.269 e. The van der Waals surface area contributed by atoms with Crippen molar-refractivity contribution in [3.63, 3.8) is 0 Å². The number of methoxy groups -OCH3 is 1. The second-order valence-electron chi connectivity index (χ2n) is 5.99. The lowest BCUT2D eigenvalue weighted by Crippen LogP contribution is -2.45. The number of nitro groups is 1. The number of hydrogen-bond donors (Lipinski definition) is 2. The fourth-order valence-electron chi connectivity index (χ4n) is 2.76. The van der Waals surface area contributed by atoms with Gasteiger partial charge in [-0.25, -0.2) is 4.99 Å². The SMILES string of the molecule is COCCNC(=NCc1ccc([N+](=O)[O-])cc1)NC1CCCCC1.I. The van der Waals surface area contributed by atoms with Crippen LogP contribution in [0, 0.1) is 10.1 Å². The molecule has 0 saturated heterocycles. The molecule has 1 fully saturated rings. The first-order valence-corrected chi connectivity index (χ1v) is 8.46. The number of nitrogens with zero attached hydrogens (tertiary/aromatic N) is 2. The van der Waals surface area contributed by atoms with E-state index < -0.39 is 4.92 Å².